The molecular weight excluding hydrogens is 286 g/mol. The first-order valence-electron chi connectivity index (χ1n) is 5.40. The van der Waals surface area contributed by atoms with Crippen LogP contribution in [0.4, 0.5) is 0 Å². The molecule has 5 nitrogen and oxygen atoms in total. The summed E-state index contributed by atoms with van der Waals surface area (Å²) >= 11 is 2.75. The highest BCUT2D eigenvalue weighted by molar-refractivity contribution is 7.99. The predicted octanol–water partition coefficient (Wildman–Crippen LogP) is 2.45. The summed E-state index contributed by atoms with van der Waals surface area (Å²) in [5.74, 6) is -1.17. The molecule has 0 unspecified atom stereocenters. The minimum absolute atomic E-state index is 0.119. The molecule has 0 radical (unpaired) electrons. The van der Waals surface area contributed by atoms with Crippen LogP contribution in [0.5, 0.6) is 0 Å². The van der Waals surface area contributed by atoms with Gasteiger partial charge in [0.2, 0.25) is 11.7 Å². The van der Waals surface area contributed by atoms with Crippen molar-refractivity contribution in [2.45, 2.75) is 11.6 Å². The van der Waals surface area contributed by atoms with Crippen molar-refractivity contribution >= 4 is 35.0 Å². The topological polar surface area (TPSA) is 79.5 Å². The average Bonchev–Trinajstić information content (AvgIpc) is 3.05. The molecule has 0 saturated carbocycles. The van der Waals surface area contributed by atoms with E-state index in [0.717, 1.165) is 4.88 Å². The molecule has 0 aromatic carbocycles. The third-order valence-corrected chi connectivity index (χ3v) is 3.96. The van der Waals surface area contributed by atoms with E-state index in [-0.39, 0.29) is 17.4 Å². The highest BCUT2D eigenvalue weighted by atomic mass is 32.2. The molecule has 19 heavy (non-hydrogen) atoms. The van der Waals surface area contributed by atoms with Gasteiger partial charge in [0.15, 0.2) is 5.09 Å². The number of thiophene rings is 1. The number of nitrogens with one attached hydrogen (secondary N) is 1. The molecule has 0 aliphatic carbocycles. The van der Waals surface area contributed by atoms with Gasteiger partial charge in [-0.15, -0.1) is 11.3 Å². The van der Waals surface area contributed by atoms with Crippen LogP contribution in [-0.4, -0.2) is 22.7 Å². The van der Waals surface area contributed by atoms with Crippen molar-refractivity contribution in [3.8, 4) is 0 Å². The summed E-state index contributed by atoms with van der Waals surface area (Å²) in [7, 11) is 0. The molecule has 1 amide bonds. The lowest BCUT2D eigenvalue weighted by Gasteiger charge is -2.02. The number of carboxylic acid groups (broad SMARTS) is 1. The Bertz CT molecular complexity index is 562. The maximum absolute atomic E-state index is 11.6. The van der Waals surface area contributed by atoms with Gasteiger partial charge >= 0.3 is 5.97 Å². The lowest BCUT2D eigenvalue weighted by Crippen LogP contribution is -2.23. The fourth-order valence-electron chi connectivity index (χ4n) is 1.30. The van der Waals surface area contributed by atoms with Crippen LogP contribution in [0, 0.1) is 0 Å². The number of amides is 1. The Morgan fingerprint density at radius 2 is 2.21 bits per heavy atom. The second-order valence-electron chi connectivity index (χ2n) is 3.57. The number of furan rings is 1. The summed E-state index contributed by atoms with van der Waals surface area (Å²) in [6, 6.07) is 6.79. The summed E-state index contributed by atoms with van der Waals surface area (Å²) < 4.78 is 5.03. The van der Waals surface area contributed by atoms with Crippen LogP contribution in [-0.2, 0) is 11.3 Å². The van der Waals surface area contributed by atoms with Crippen LogP contribution in [0.2, 0.25) is 0 Å². The number of thioether (sulfide) groups is 1. The third-order valence-electron chi connectivity index (χ3n) is 2.18. The quantitative estimate of drug-likeness (QED) is 0.801. The van der Waals surface area contributed by atoms with Crippen molar-refractivity contribution in [3.05, 3.63) is 40.3 Å². The molecule has 0 aliphatic heterocycles. The molecule has 7 heteroatoms. The van der Waals surface area contributed by atoms with E-state index in [4.69, 9.17) is 9.52 Å². The van der Waals surface area contributed by atoms with Crippen molar-refractivity contribution in [1.82, 2.24) is 5.32 Å². The molecule has 2 heterocycles. The van der Waals surface area contributed by atoms with E-state index >= 15 is 0 Å². The molecule has 0 atom stereocenters. The van der Waals surface area contributed by atoms with E-state index in [0.29, 0.717) is 11.6 Å². The van der Waals surface area contributed by atoms with E-state index in [1.54, 1.807) is 17.4 Å². The smallest absolute Gasteiger partial charge is 0.371 e. The second kappa shape index (κ2) is 6.44. The highest BCUT2D eigenvalue weighted by Gasteiger charge is 2.10. The molecule has 0 saturated heterocycles. The van der Waals surface area contributed by atoms with Gasteiger partial charge in [-0.25, -0.2) is 4.79 Å². The van der Waals surface area contributed by atoms with Gasteiger partial charge in [0.05, 0.1) is 12.3 Å². The minimum atomic E-state index is -1.12. The van der Waals surface area contributed by atoms with E-state index in [1.807, 2.05) is 17.5 Å². The van der Waals surface area contributed by atoms with Crippen LogP contribution in [0.25, 0.3) is 0 Å². The van der Waals surface area contributed by atoms with Crippen LogP contribution in [0.1, 0.15) is 15.4 Å². The van der Waals surface area contributed by atoms with Gasteiger partial charge in [0.1, 0.15) is 0 Å². The van der Waals surface area contributed by atoms with Crippen molar-refractivity contribution in [2.24, 2.45) is 0 Å². The van der Waals surface area contributed by atoms with Gasteiger partial charge in [-0.3, -0.25) is 4.79 Å². The number of aromatic carboxylic acids is 1. The van der Waals surface area contributed by atoms with Crippen molar-refractivity contribution in [1.29, 1.82) is 0 Å². The fourth-order valence-corrected chi connectivity index (χ4v) is 2.63. The number of carbonyl (C=O) groups excluding carboxylic acids is 1. The number of carbonyl (C=O) groups is 2. The van der Waals surface area contributed by atoms with Gasteiger partial charge in [0.25, 0.3) is 0 Å². The first kappa shape index (κ1) is 13.7. The first-order valence-corrected chi connectivity index (χ1v) is 7.26. The SMILES string of the molecule is O=C(CSc1ccc(C(=O)O)o1)NCc1cccs1. The molecule has 100 valence electrons. The Balaban J connectivity index is 1.75. The molecule has 0 bridgehead atoms. The van der Waals surface area contributed by atoms with Crippen LogP contribution >= 0.6 is 23.1 Å². The maximum Gasteiger partial charge on any atom is 0.371 e. The lowest BCUT2D eigenvalue weighted by atomic mass is 10.4. The van der Waals surface area contributed by atoms with Gasteiger partial charge < -0.3 is 14.8 Å². The lowest BCUT2D eigenvalue weighted by molar-refractivity contribution is -0.118. The Morgan fingerprint density at radius 3 is 2.84 bits per heavy atom. The Hall–Kier alpha value is -1.73. The Kier molecular flexibility index (Phi) is 4.64. The number of carboxylic acids is 1. The molecule has 0 fully saturated rings. The molecular formula is C12H11NO4S2. The average molecular weight is 297 g/mol. The number of rotatable bonds is 6. The van der Waals surface area contributed by atoms with Crippen LogP contribution < -0.4 is 5.32 Å². The number of hydrogen-bond acceptors (Lipinski definition) is 5. The zero-order chi connectivity index (χ0) is 13.7. The Labute approximate surface area is 117 Å². The van der Waals surface area contributed by atoms with Crippen molar-refractivity contribution < 1.29 is 19.1 Å². The van der Waals surface area contributed by atoms with E-state index in [9.17, 15) is 9.59 Å². The van der Waals surface area contributed by atoms with E-state index in [1.165, 1.54) is 17.8 Å². The largest absolute Gasteiger partial charge is 0.475 e. The Morgan fingerprint density at radius 1 is 1.37 bits per heavy atom. The molecule has 2 aromatic rings. The molecule has 2 rings (SSSR count). The highest BCUT2D eigenvalue weighted by Crippen LogP contribution is 2.20. The monoisotopic (exact) mass is 297 g/mol. The summed E-state index contributed by atoms with van der Waals surface area (Å²) in [6.07, 6.45) is 0. The molecule has 0 aliphatic rings. The minimum Gasteiger partial charge on any atom is -0.475 e. The molecule has 2 aromatic heterocycles. The summed E-state index contributed by atoms with van der Waals surface area (Å²) in [5, 5.41) is 13.8. The van der Waals surface area contributed by atoms with Gasteiger partial charge in [-0.2, -0.15) is 0 Å². The van der Waals surface area contributed by atoms with Crippen LogP contribution in [0.15, 0.2) is 39.2 Å². The zero-order valence-corrected chi connectivity index (χ0v) is 11.4. The standard InChI is InChI=1S/C12H11NO4S2/c14-10(13-6-8-2-1-5-18-8)7-19-11-4-3-9(17-11)12(15)16/h1-5H,6-7H2,(H,13,14)(H,15,16). The summed E-state index contributed by atoms with van der Waals surface area (Å²) in [4.78, 5) is 23.3. The van der Waals surface area contributed by atoms with Crippen LogP contribution in [0.3, 0.4) is 0 Å². The summed E-state index contributed by atoms with van der Waals surface area (Å²) in [5.41, 5.74) is 0. The van der Waals surface area contributed by atoms with E-state index < -0.39 is 5.97 Å². The van der Waals surface area contributed by atoms with Crippen molar-refractivity contribution in [2.75, 3.05) is 5.75 Å². The van der Waals surface area contributed by atoms with Gasteiger partial charge in [-0.1, -0.05) is 17.8 Å². The number of hydrogen-bond donors (Lipinski definition) is 2. The maximum atomic E-state index is 11.6. The normalized spacial score (nSPS) is 10.3. The van der Waals surface area contributed by atoms with E-state index in [2.05, 4.69) is 5.32 Å². The zero-order valence-electron chi connectivity index (χ0n) is 9.79. The summed E-state index contributed by atoms with van der Waals surface area (Å²) in [6.45, 7) is 0.510. The van der Waals surface area contributed by atoms with Gasteiger partial charge in [0, 0.05) is 4.88 Å². The van der Waals surface area contributed by atoms with Gasteiger partial charge in [-0.05, 0) is 23.6 Å². The molecule has 0 spiro atoms. The second-order valence-corrected chi connectivity index (χ2v) is 5.58. The third kappa shape index (κ3) is 4.15. The van der Waals surface area contributed by atoms with Crippen molar-refractivity contribution in [3.63, 3.8) is 0 Å². The molecule has 2 N–H and O–H groups in total. The fraction of sp³-hybridized carbons (Fsp3) is 0.167. The first-order chi connectivity index (χ1) is 9.15. The predicted molar refractivity (Wildman–Crippen MR) is 72.6 cm³/mol.